The number of amides is 2. The van der Waals surface area contributed by atoms with Gasteiger partial charge < -0.3 is 25.2 Å². The molecule has 8 nitrogen and oxygen atoms in total. The van der Waals surface area contributed by atoms with E-state index in [9.17, 15) is 9.59 Å². The fraction of sp³-hybridized carbons (Fsp3) is 0.550. The SMILES string of the molecule is CN=C(NCCc1cccc(C(=O)N(C)C)c1)NC1CCN(C(=O)OC)CC1.I. The Labute approximate surface area is 190 Å². The van der Waals surface area contributed by atoms with Crippen molar-refractivity contribution in [2.75, 3.05) is 47.9 Å². The van der Waals surface area contributed by atoms with Gasteiger partial charge in [-0.3, -0.25) is 9.79 Å². The van der Waals surface area contributed by atoms with Gasteiger partial charge in [-0.05, 0) is 37.0 Å². The predicted octanol–water partition coefficient (Wildman–Crippen LogP) is 1.94. The number of hydrogen-bond donors (Lipinski definition) is 2. The highest BCUT2D eigenvalue weighted by Gasteiger charge is 2.23. The summed E-state index contributed by atoms with van der Waals surface area (Å²) in [7, 11) is 6.66. The molecule has 0 atom stereocenters. The van der Waals surface area contributed by atoms with Crippen molar-refractivity contribution in [3.8, 4) is 0 Å². The zero-order chi connectivity index (χ0) is 20.5. The predicted molar refractivity (Wildman–Crippen MR) is 125 cm³/mol. The third-order valence-corrected chi connectivity index (χ3v) is 4.78. The first-order valence-corrected chi connectivity index (χ1v) is 9.55. The third kappa shape index (κ3) is 7.71. The van der Waals surface area contributed by atoms with Gasteiger partial charge in [0.25, 0.3) is 5.91 Å². The number of methoxy groups -OCH3 is 1. The number of benzene rings is 1. The molecule has 0 spiro atoms. The lowest BCUT2D eigenvalue weighted by Gasteiger charge is -2.32. The van der Waals surface area contributed by atoms with E-state index < -0.39 is 0 Å². The van der Waals surface area contributed by atoms with Crippen LogP contribution in [0.2, 0.25) is 0 Å². The molecule has 1 saturated heterocycles. The van der Waals surface area contributed by atoms with Crippen LogP contribution < -0.4 is 10.6 Å². The van der Waals surface area contributed by atoms with Crippen LogP contribution in [-0.2, 0) is 11.2 Å². The van der Waals surface area contributed by atoms with Gasteiger partial charge in [-0.2, -0.15) is 0 Å². The molecule has 9 heteroatoms. The average Bonchev–Trinajstić information content (AvgIpc) is 2.72. The molecule has 29 heavy (non-hydrogen) atoms. The van der Waals surface area contributed by atoms with Gasteiger partial charge in [0.15, 0.2) is 5.96 Å². The maximum absolute atomic E-state index is 12.1. The molecule has 1 aliphatic heterocycles. The van der Waals surface area contributed by atoms with Crippen LogP contribution in [-0.4, -0.2) is 81.7 Å². The van der Waals surface area contributed by atoms with Crippen molar-refractivity contribution >= 4 is 41.9 Å². The quantitative estimate of drug-likeness (QED) is 0.355. The highest BCUT2D eigenvalue weighted by molar-refractivity contribution is 14.0. The van der Waals surface area contributed by atoms with E-state index in [1.165, 1.54) is 7.11 Å². The van der Waals surface area contributed by atoms with Crippen molar-refractivity contribution < 1.29 is 14.3 Å². The van der Waals surface area contributed by atoms with Crippen molar-refractivity contribution in [2.45, 2.75) is 25.3 Å². The second kappa shape index (κ2) is 12.5. The topological polar surface area (TPSA) is 86.3 Å². The summed E-state index contributed by atoms with van der Waals surface area (Å²) in [6.07, 6.45) is 2.22. The number of nitrogens with one attached hydrogen (secondary N) is 2. The summed E-state index contributed by atoms with van der Waals surface area (Å²) in [6.45, 7) is 2.06. The van der Waals surface area contributed by atoms with E-state index in [1.807, 2.05) is 24.3 Å². The van der Waals surface area contributed by atoms with Crippen molar-refractivity contribution in [3.63, 3.8) is 0 Å². The normalized spacial score (nSPS) is 14.6. The molecule has 1 aromatic rings. The standard InChI is InChI=1S/C20H31N5O3.HI/c1-21-19(23-17-9-12-25(13-10-17)20(27)28-4)22-11-8-15-6-5-7-16(14-15)18(26)24(2)3;/h5-7,14,17H,8-13H2,1-4H3,(H2,21,22,23);1H. The van der Waals surface area contributed by atoms with Gasteiger partial charge in [-0.15, -0.1) is 24.0 Å². The van der Waals surface area contributed by atoms with E-state index in [-0.39, 0.29) is 42.0 Å². The second-order valence-electron chi connectivity index (χ2n) is 7.02. The Kier molecular flexibility index (Phi) is 10.8. The lowest BCUT2D eigenvalue weighted by Crippen LogP contribution is -2.50. The number of carbonyl (C=O) groups is 2. The summed E-state index contributed by atoms with van der Waals surface area (Å²) in [5.74, 6) is 0.752. The van der Waals surface area contributed by atoms with Crippen LogP contribution in [0.1, 0.15) is 28.8 Å². The molecule has 0 radical (unpaired) electrons. The minimum atomic E-state index is -0.268. The van der Waals surface area contributed by atoms with Gasteiger partial charge in [0, 0.05) is 52.4 Å². The average molecular weight is 517 g/mol. The van der Waals surface area contributed by atoms with Crippen LogP contribution >= 0.6 is 24.0 Å². The summed E-state index contributed by atoms with van der Waals surface area (Å²) in [5.41, 5.74) is 1.80. The molecule has 2 rings (SSSR count). The zero-order valence-corrected chi connectivity index (χ0v) is 19.9. The maximum Gasteiger partial charge on any atom is 0.409 e. The monoisotopic (exact) mass is 517 g/mol. The Morgan fingerprint density at radius 1 is 1.28 bits per heavy atom. The highest BCUT2D eigenvalue weighted by atomic mass is 127. The number of piperidine rings is 1. The van der Waals surface area contributed by atoms with Crippen LogP contribution in [0.5, 0.6) is 0 Å². The van der Waals surface area contributed by atoms with E-state index in [2.05, 4.69) is 15.6 Å². The first-order valence-electron chi connectivity index (χ1n) is 9.55. The molecule has 1 aromatic carbocycles. The number of rotatable bonds is 5. The van der Waals surface area contributed by atoms with Gasteiger partial charge in [0.2, 0.25) is 0 Å². The molecule has 2 amide bonds. The van der Waals surface area contributed by atoms with E-state index in [4.69, 9.17) is 4.74 Å². The number of halogens is 1. The zero-order valence-electron chi connectivity index (χ0n) is 17.6. The maximum atomic E-state index is 12.1. The number of ether oxygens (including phenoxy) is 1. The summed E-state index contributed by atoms with van der Waals surface area (Å²) >= 11 is 0. The Morgan fingerprint density at radius 3 is 2.55 bits per heavy atom. The molecule has 1 fully saturated rings. The number of aliphatic imine (C=N–C) groups is 1. The molecule has 1 aliphatic rings. The van der Waals surface area contributed by atoms with Gasteiger partial charge >= 0.3 is 6.09 Å². The summed E-state index contributed by atoms with van der Waals surface area (Å²) in [6, 6.07) is 7.97. The van der Waals surface area contributed by atoms with Crippen LogP contribution in [0.25, 0.3) is 0 Å². The largest absolute Gasteiger partial charge is 0.453 e. The van der Waals surface area contributed by atoms with Gasteiger partial charge in [0.05, 0.1) is 7.11 Å². The summed E-state index contributed by atoms with van der Waals surface area (Å²) in [5, 5.41) is 6.73. The molecule has 0 saturated carbocycles. The molecule has 0 bridgehead atoms. The number of carbonyl (C=O) groups excluding carboxylic acids is 2. The minimum Gasteiger partial charge on any atom is -0.453 e. The molecule has 1 heterocycles. The van der Waals surface area contributed by atoms with Crippen molar-refractivity contribution in [1.82, 2.24) is 20.4 Å². The van der Waals surface area contributed by atoms with E-state index in [1.54, 1.807) is 30.9 Å². The number of nitrogens with zero attached hydrogens (tertiary/aromatic N) is 3. The second-order valence-corrected chi connectivity index (χ2v) is 7.02. The molecule has 0 unspecified atom stereocenters. The molecule has 0 aromatic heterocycles. The van der Waals surface area contributed by atoms with E-state index in [0.717, 1.165) is 30.8 Å². The van der Waals surface area contributed by atoms with Gasteiger partial charge in [-0.1, -0.05) is 12.1 Å². The molecular weight excluding hydrogens is 485 g/mol. The molecule has 162 valence electrons. The van der Waals surface area contributed by atoms with Gasteiger partial charge in [-0.25, -0.2) is 4.79 Å². The smallest absolute Gasteiger partial charge is 0.409 e. The van der Waals surface area contributed by atoms with Crippen LogP contribution in [0.15, 0.2) is 29.3 Å². The van der Waals surface area contributed by atoms with Crippen molar-refractivity contribution in [2.24, 2.45) is 4.99 Å². The van der Waals surface area contributed by atoms with Crippen LogP contribution in [0, 0.1) is 0 Å². The first-order chi connectivity index (χ1) is 13.4. The molecular formula is C20H32IN5O3. The lowest BCUT2D eigenvalue weighted by molar-refractivity contribution is 0.0827. The Morgan fingerprint density at radius 2 is 1.97 bits per heavy atom. The van der Waals surface area contributed by atoms with Crippen molar-refractivity contribution in [3.05, 3.63) is 35.4 Å². The molecule has 2 N–H and O–H groups in total. The van der Waals surface area contributed by atoms with Gasteiger partial charge in [0.1, 0.15) is 0 Å². The van der Waals surface area contributed by atoms with E-state index in [0.29, 0.717) is 25.2 Å². The van der Waals surface area contributed by atoms with Crippen LogP contribution in [0.3, 0.4) is 0 Å². The Hall–Kier alpha value is -2.04. The summed E-state index contributed by atoms with van der Waals surface area (Å²) < 4.78 is 4.77. The van der Waals surface area contributed by atoms with Crippen molar-refractivity contribution in [1.29, 1.82) is 0 Å². The van der Waals surface area contributed by atoms with E-state index >= 15 is 0 Å². The first kappa shape index (κ1) is 25.0. The number of likely N-dealkylation sites (tertiary alicyclic amines) is 1. The Balaban J connectivity index is 0.00000420. The van der Waals surface area contributed by atoms with Crippen LogP contribution in [0.4, 0.5) is 4.79 Å². The minimum absolute atomic E-state index is 0. The lowest BCUT2D eigenvalue weighted by atomic mass is 10.1. The highest BCUT2D eigenvalue weighted by Crippen LogP contribution is 2.11. The number of guanidine groups is 1. The Bertz CT molecular complexity index is 703. The number of hydrogen-bond acceptors (Lipinski definition) is 4. The molecule has 0 aliphatic carbocycles. The fourth-order valence-corrected chi connectivity index (χ4v) is 3.17. The fourth-order valence-electron chi connectivity index (χ4n) is 3.17. The summed E-state index contributed by atoms with van der Waals surface area (Å²) in [4.78, 5) is 31.2. The third-order valence-electron chi connectivity index (χ3n) is 4.78.